The molecule has 0 aliphatic carbocycles. The molecule has 0 fully saturated rings. The van der Waals surface area contributed by atoms with Crippen LogP contribution in [0.25, 0.3) is 21.9 Å². The van der Waals surface area contributed by atoms with E-state index in [1.165, 1.54) is 0 Å². The maximum absolute atomic E-state index is 12.4. The Morgan fingerprint density at radius 1 is 0.833 bits per heavy atom. The molecule has 0 aliphatic heterocycles. The van der Waals surface area contributed by atoms with Crippen molar-refractivity contribution >= 4 is 37.9 Å². The molecule has 4 rings (SSSR count). The highest BCUT2D eigenvalue weighted by atomic mass is 79.9. The van der Waals surface area contributed by atoms with E-state index in [4.69, 9.17) is 8.83 Å². The molecule has 5 heteroatoms. The summed E-state index contributed by atoms with van der Waals surface area (Å²) in [5.74, 6) is 0. The van der Waals surface area contributed by atoms with Gasteiger partial charge in [0.1, 0.15) is 11.0 Å². The lowest BCUT2D eigenvalue weighted by Crippen LogP contribution is -2.11. The fourth-order valence-electron chi connectivity index (χ4n) is 2.71. The van der Waals surface area contributed by atoms with Crippen LogP contribution < -0.4 is 11.3 Å². The molecular weight excluding hydrogens is 372 g/mol. The minimum Gasteiger partial charge on any atom is -0.422 e. The first-order chi connectivity index (χ1) is 11.6. The van der Waals surface area contributed by atoms with Crippen LogP contribution in [0.5, 0.6) is 0 Å². The Morgan fingerprint density at radius 2 is 1.58 bits per heavy atom. The van der Waals surface area contributed by atoms with Gasteiger partial charge in [-0.25, -0.2) is 9.59 Å². The van der Waals surface area contributed by atoms with E-state index in [0.717, 1.165) is 10.0 Å². The molecule has 0 unspecified atom stereocenters. The average molecular weight is 383 g/mol. The molecule has 2 heterocycles. The molecule has 118 valence electrons. The maximum atomic E-state index is 12.4. The van der Waals surface area contributed by atoms with Gasteiger partial charge in [-0.1, -0.05) is 40.2 Å². The van der Waals surface area contributed by atoms with Crippen LogP contribution in [0.2, 0.25) is 0 Å². The monoisotopic (exact) mass is 382 g/mol. The van der Waals surface area contributed by atoms with Gasteiger partial charge in [-0.3, -0.25) is 0 Å². The van der Waals surface area contributed by atoms with E-state index in [-0.39, 0.29) is 11.0 Å². The molecule has 0 atom stereocenters. The van der Waals surface area contributed by atoms with Crippen molar-refractivity contribution in [2.45, 2.75) is 6.42 Å². The second-order valence-corrected chi connectivity index (χ2v) is 6.41. The fourth-order valence-corrected chi connectivity index (χ4v) is 2.97. The summed E-state index contributed by atoms with van der Waals surface area (Å²) in [6.07, 6.45) is 0.387. The van der Waals surface area contributed by atoms with Gasteiger partial charge in [0.25, 0.3) is 0 Å². The van der Waals surface area contributed by atoms with Crippen molar-refractivity contribution in [3.63, 3.8) is 0 Å². The summed E-state index contributed by atoms with van der Waals surface area (Å²) in [7, 11) is 0. The minimum absolute atomic E-state index is 0.270. The molecule has 0 bridgehead atoms. The average Bonchev–Trinajstić information content (AvgIpc) is 2.58. The van der Waals surface area contributed by atoms with Gasteiger partial charge < -0.3 is 8.83 Å². The molecule has 24 heavy (non-hydrogen) atoms. The summed E-state index contributed by atoms with van der Waals surface area (Å²) in [4.78, 5) is 24.6. The van der Waals surface area contributed by atoms with Gasteiger partial charge in [0, 0.05) is 16.5 Å². The maximum Gasteiger partial charge on any atom is 0.347 e. The van der Waals surface area contributed by atoms with Gasteiger partial charge in [-0.15, -0.1) is 0 Å². The minimum atomic E-state index is -0.510. The summed E-state index contributed by atoms with van der Waals surface area (Å²) in [5.41, 5.74) is 1.10. The number of hydrogen-bond acceptors (Lipinski definition) is 4. The summed E-state index contributed by atoms with van der Waals surface area (Å²) in [6, 6.07) is 16.2. The van der Waals surface area contributed by atoms with Crippen LogP contribution in [0, 0.1) is 0 Å². The van der Waals surface area contributed by atoms with Crippen LogP contribution in [0.1, 0.15) is 11.1 Å². The summed E-state index contributed by atoms with van der Waals surface area (Å²) < 4.78 is 11.7. The third-order valence-corrected chi connectivity index (χ3v) is 4.41. The quantitative estimate of drug-likeness (QED) is 0.384. The summed E-state index contributed by atoms with van der Waals surface area (Å²) in [6.45, 7) is 0. The van der Waals surface area contributed by atoms with Crippen molar-refractivity contribution in [1.29, 1.82) is 0 Å². The number of hydrogen-bond donors (Lipinski definition) is 0. The molecule has 0 amide bonds. The highest BCUT2D eigenvalue weighted by molar-refractivity contribution is 9.10. The summed E-state index contributed by atoms with van der Waals surface area (Å²) >= 11 is 3.38. The summed E-state index contributed by atoms with van der Waals surface area (Å²) in [5, 5.41) is 0.889. The Bertz CT molecular complexity index is 1170. The van der Waals surface area contributed by atoms with Crippen LogP contribution in [-0.4, -0.2) is 0 Å². The van der Waals surface area contributed by atoms with E-state index in [1.54, 1.807) is 30.3 Å². The Balaban J connectivity index is 1.92. The van der Waals surface area contributed by atoms with Crippen LogP contribution in [0.4, 0.5) is 0 Å². The lowest BCUT2D eigenvalue weighted by molar-refractivity contribution is 0.537. The van der Waals surface area contributed by atoms with Gasteiger partial charge >= 0.3 is 11.3 Å². The number of halogens is 1. The van der Waals surface area contributed by atoms with Crippen molar-refractivity contribution in [1.82, 2.24) is 0 Å². The Morgan fingerprint density at radius 3 is 2.38 bits per heavy atom. The third kappa shape index (κ3) is 2.57. The molecule has 0 N–H and O–H groups in total. The first-order valence-electron chi connectivity index (χ1n) is 7.35. The van der Waals surface area contributed by atoms with Gasteiger partial charge in [0.2, 0.25) is 0 Å². The van der Waals surface area contributed by atoms with Gasteiger partial charge in [-0.05, 0) is 35.9 Å². The molecule has 0 saturated heterocycles. The first-order valence-corrected chi connectivity index (χ1v) is 8.14. The lowest BCUT2D eigenvalue weighted by Gasteiger charge is -2.04. The van der Waals surface area contributed by atoms with Crippen LogP contribution >= 0.6 is 15.9 Å². The molecule has 0 radical (unpaired) electrons. The zero-order valence-electron chi connectivity index (χ0n) is 12.4. The molecule has 4 nitrogen and oxygen atoms in total. The molecular formula is C19H11BrO4. The Hall–Kier alpha value is -2.66. The van der Waals surface area contributed by atoms with E-state index in [9.17, 15) is 9.59 Å². The SMILES string of the molecule is O=c1oc2c(cc1Cc1ccc(Br)cc1)c(=O)oc1ccccc12. The third-order valence-electron chi connectivity index (χ3n) is 3.88. The van der Waals surface area contributed by atoms with Gasteiger partial charge in [0.15, 0.2) is 5.58 Å². The van der Waals surface area contributed by atoms with E-state index < -0.39 is 11.3 Å². The van der Waals surface area contributed by atoms with Crippen LogP contribution in [-0.2, 0) is 6.42 Å². The Kier molecular flexibility index (Phi) is 3.58. The highest BCUT2D eigenvalue weighted by Gasteiger charge is 2.13. The zero-order valence-corrected chi connectivity index (χ0v) is 14.0. The standard InChI is InChI=1S/C19H11BrO4/c20-13-7-5-11(6-8-13)9-12-10-15-17(24-18(12)21)14-3-1-2-4-16(14)23-19(15)22/h1-8,10H,9H2. The fraction of sp³-hybridized carbons (Fsp3) is 0.0526. The van der Waals surface area contributed by atoms with E-state index >= 15 is 0 Å². The smallest absolute Gasteiger partial charge is 0.347 e. The number of rotatable bonds is 2. The van der Waals surface area contributed by atoms with Crippen molar-refractivity contribution in [2.24, 2.45) is 0 Å². The number of para-hydroxylation sites is 1. The molecule has 4 aromatic rings. The normalized spacial score (nSPS) is 11.2. The second-order valence-electron chi connectivity index (χ2n) is 5.49. The van der Waals surface area contributed by atoms with E-state index in [1.807, 2.05) is 24.3 Å². The van der Waals surface area contributed by atoms with Crippen molar-refractivity contribution in [3.8, 4) is 0 Å². The van der Waals surface area contributed by atoms with E-state index in [2.05, 4.69) is 15.9 Å². The van der Waals surface area contributed by atoms with Crippen molar-refractivity contribution in [3.05, 3.63) is 91.0 Å². The number of fused-ring (bicyclic) bond motifs is 3. The predicted octanol–water partition coefficient (Wildman–Crippen LogP) is 4.25. The largest absolute Gasteiger partial charge is 0.422 e. The van der Waals surface area contributed by atoms with E-state index in [0.29, 0.717) is 23.0 Å². The highest BCUT2D eigenvalue weighted by Crippen LogP contribution is 2.22. The number of benzene rings is 2. The van der Waals surface area contributed by atoms with Gasteiger partial charge in [0.05, 0.1) is 5.39 Å². The molecule has 0 saturated carbocycles. The zero-order chi connectivity index (χ0) is 16.7. The van der Waals surface area contributed by atoms with Crippen molar-refractivity contribution < 1.29 is 8.83 Å². The second kappa shape index (κ2) is 5.76. The van der Waals surface area contributed by atoms with Crippen molar-refractivity contribution in [2.75, 3.05) is 0 Å². The van der Waals surface area contributed by atoms with Crippen LogP contribution in [0.3, 0.4) is 0 Å². The lowest BCUT2D eigenvalue weighted by atomic mass is 10.1. The Labute approximate surface area is 144 Å². The molecule has 0 aliphatic rings. The first kappa shape index (κ1) is 14.9. The molecule has 2 aromatic heterocycles. The predicted molar refractivity (Wildman–Crippen MR) is 95.5 cm³/mol. The topological polar surface area (TPSA) is 60.4 Å². The molecule has 0 spiro atoms. The molecule has 2 aromatic carbocycles. The van der Waals surface area contributed by atoms with Gasteiger partial charge in [-0.2, -0.15) is 0 Å². The van der Waals surface area contributed by atoms with Crippen LogP contribution in [0.15, 0.2) is 77.5 Å².